The molecule has 2 aromatic carbocycles. The summed E-state index contributed by atoms with van der Waals surface area (Å²) in [5.74, 6) is 0.205. The smallest absolute Gasteiger partial charge is 0.335 e. The zero-order valence-corrected chi connectivity index (χ0v) is 10.3. The molecule has 0 aliphatic carbocycles. The molecule has 0 fully saturated rings. The van der Waals surface area contributed by atoms with Crippen LogP contribution in [0.25, 0.3) is 0 Å². The lowest BCUT2D eigenvalue weighted by Gasteiger charge is -2.08. The number of rotatable bonds is 3. The van der Waals surface area contributed by atoms with Gasteiger partial charge in [0.15, 0.2) is 0 Å². The van der Waals surface area contributed by atoms with Crippen LogP contribution >= 0.6 is 0 Å². The maximum atomic E-state index is 10.9. The van der Waals surface area contributed by atoms with E-state index in [0.717, 1.165) is 0 Å². The van der Waals surface area contributed by atoms with Crippen LogP contribution in [-0.4, -0.2) is 11.1 Å². The lowest BCUT2D eigenvalue weighted by atomic mass is 10.1. The van der Waals surface area contributed by atoms with Gasteiger partial charge < -0.3 is 9.84 Å². The van der Waals surface area contributed by atoms with Crippen molar-refractivity contribution in [1.29, 1.82) is 5.26 Å². The van der Waals surface area contributed by atoms with E-state index in [-0.39, 0.29) is 5.56 Å². The second-order valence-electron chi connectivity index (χ2n) is 4.02. The van der Waals surface area contributed by atoms with Crippen LogP contribution in [0.15, 0.2) is 42.5 Å². The summed E-state index contributed by atoms with van der Waals surface area (Å²) in [4.78, 5) is 10.9. The second kappa shape index (κ2) is 5.23. The molecule has 0 saturated heterocycles. The predicted molar refractivity (Wildman–Crippen MR) is 69.4 cm³/mol. The van der Waals surface area contributed by atoms with Crippen molar-refractivity contribution in [3.63, 3.8) is 0 Å². The van der Waals surface area contributed by atoms with Gasteiger partial charge in [-0.05, 0) is 55.0 Å². The molecule has 0 aliphatic heterocycles. The first-order chi connectivity index (χ1) is 9.10. The lowest BCUT2D eigenvalue weighted by Crippen LogP contribution is -1.99. The summed E-state index contributed by atoms with van der Waals surface area (Å²) in [5.41, 5.74) is 1.45. The molecule has 0 bridgehead atoms. The van der Waals surface area contributed by atoms with Crippen LogP contribution in [0.5, 0.6) is 11.5 Å². The van der Waals surface area contributed by atoms with Crippen LogP contribution in [-0.2, 0) is 0 Å². The van der Waals surface area contributed by atoms with Crippen LogP contribution in [0.1, 0.15) is 21.5 Å². The lowest BCUT2D eigenvalue weighted by molar-refractivity contribution is 0.0696. The van der Waals surface area contributed by atoms with Crippen molar-refractivity contribution in [3.05, 3.63) is 59.2 Å². The molecule has 4 nitrogen and oxygen atoms in total. The number of carboxylic acids is 1. The first kappa shape index (κ1) is 12.7. The van der Waals surface area contributed by atoms with E-state index in [4.69, 9.17) is 15.1 Å². The number of aryl methyl sites for hydroxylation is 1. The molecule has 0 amide bonds. The molecular formula is C15H11NO3. The van der Waals surface area contributed by atoms with Gasteiger partial charge >= 0.3 is 5.97 Å². The number of nitriles is 1. The van der Waals surface area contributed by atoms with Gasteiger partial charge in [-0.15, -0.1) is 0 Å². The van der Waals surface area contributed by atoms with Gasteiger partial charge in [-0.25, -0.2) is 4.79 Å². The van der Waals surface area contributed by atoms with Gasteiger partial charge in [0.05, 0.1) is 17.2 Å². The molecule has 0 saturated carbocycles. The maximum Gasteiger partial charge on any atom is 0.335 e. The van der Waals surface area contributed by atoms with Gasteiger partial charge in [-0.3, -0.25) is 0 Å². The summed E-state index contributed by atoms with van der Waals surface area (Å²) in [5, 5.41) is 17.6. The Morgan fingerprint density at radius 2 is 1.79 bits per heavy atom. The first-order valence-corrected chi connectivity index (χ1v) is 5.62. The van der Waals surface area contributed by atoms with Crippen molar-refractivity contribution in [3.8, 4) is 17.6 Å². The topological polar surface area (TPSA) is 70.3 Å². The van der Waals surface area contributed by atoms with Gasteiger partial charge in [0.1, 0.15) is 11.5 Å². The average Bonchev–Trinajstić information content (AvgIpc) is 2.39. The summed E-state index contributed by atoms with van der Waals surface area (Å²) in [6.45, 7) is 1.72. The highest BCUT2D eigenvalue weighted by Gasteiger charge is 2.08. The molecule has 1 N–H and O–H groups in total. The highest BCUT2D eigenvalue weighted by Crippen LogP contribution is 2.24. The number of benzene rings is 2. The third kappa shape index (κ3) is 2.90. The molecule has 94 valence electrons. The highest BCUT2D eigenvalue weighted by atomic mass is 16.5. The zero-order valence-electron chi connectivity index (χ0n) is 10.3. The van der Waals surface area contributed by atoms with Crippen molar-refractivity contribution in [2.45, 2.75) is 6.92 Å². The average molecular weight is 253 g/mol. The van der Waals surface area contributed by atoms with Crippen molar-refractivity contribution in [2.24, 2.45) is 0 Å². The summed E-state index contributed by atoms with van der Waals surface area (Å²) in [6.07, 6.45) is 0. The molecule has 0 aliphatic rings. The van der Waals surface area contributed by atoms with Crippen LogP contribution < -0.4 is 4.74 Å². The highest BCUT2D eigenvalue weighted by molar-refractivity contribution is 5.89. The van der Waals surface area contributed by atoms with Gasteiger partial charge in [0.2, 0.25) is 0 Å². The fourth-order valence-corrected chi connectivity index (χ4v) is 1.67. The molecule has 0 aromatic heterocycles. The van der Waals surface area contributed by atoms with Gasteiger partial charge in [-0.1, -0.05) is 0 Å². The van der Waals surface area contributed by atoms with E-state index in [0.29, 0.717) is 22.6 Å². The number of aromatic carboxylic acids is 1. The Morgan fingerprint density at radius 3 is 2.32 bits per heavy atom. The largest absolute Gasteiger partial charge is 0.478 e. The van der Waals surface area contributed by atoms with Crippen molar-refractivity contribution >= 4 is 5.97 Å². The van der Waals surface area contributed by atoms with E-state index in [1.165, 1.54) is 6.07 Å². The minimum Gasteiger partial charge on any atom is -0.478 e. The second-order valence-corrected chi connectivity index (χ2v) is 4.02. The number of hydrogen-bond acceptors (Lipinski definition) is 3. The van der Waals surface area contributed by atoms with Crippen LogP contribution in [0.2, 0.25) is 0 Å². The minimum atomic E-state index is -0.956. The van der Waals surface area contributed by atoms with Gasteiger partial charge in [0.25, 0.3) is 0 Å². The number of hydrogen-bond donors (Lipinski definition) is 1. The molecule has 0 unspecified atom stereocenters. The third-order valence-corrected chi connectivity index (χ3v) is 2.65. The molecule has 2 rings (SSSR count). The fourth-order valence-electron chi connectivity index (χ4n) is 1.67. The molecule has 0 radical (unpaired) electrons. The van der Waals surface area contributed by atoms with E-state index < -0.39 is 5.97 Å². The van der Waals surface area contributed by atoms with Gasteiger partial charge in [0, 0.05) is 0 Å². The van der Waals surface area contributed by atoms with Crippen molar-refractivity contribution in [2.75, 3.05) is 0 Å². The van der Waals surface area contributed by atoms with Crippen LogP contribution in [0.3, 0.4) is 0 Å². The Hall–Kier alpha value is -2.80. The normalized spacial score (nSPS) is 9.68. The summed E-state index contributed by atoms with van der Waals surface area (Å²) in [6, 6.07) is 13.5. The Bertz CT molecular complexity index is 654. The molecule has 4 heteroatoms. The Labute approximate surface area is 110 Å². The van der Waals surface area contributed by atoms with Crippen molar-refractivity contribution in [1.82, 2.24) is 0 Å². The summed E-state index contributed by atoms with van der Waals surface area (Å²) >= 11 is 0. The fraction of sp³-hybridized carbons (Fsp3) is 0.0667. The van der Waals surface area contributed by atoms with Crippen molar-refractivity contribution < 1.29 is 14.6 Å². The first-order valence-electron chi connectivity index (χ1n) is 5.62. The number of carbonyl (C=O) groups is 1. The molecular weight excluding hydrogens is 242 g/mol. The number of nitrogens with zero attached hydrogens (tertiary/aromatic N) is 1. The Balaban J connectivity index is 2.21. The SMILES string of the molecule is Cc1cc(Oc2ccc(C#N)cc2)ccc1C(=O)O. The van der Waals surface area contributed by atoms with E-state index in [9.17, 15) is 4.79 Å². The Kier molecular flexibility index (Phi) is 3.48. The number of ether oxygens (including phenoxy) is 1. The van der Waals surface area contributed by atoms with Gasteiger partial charge in [-0.2, -0.15) is 5.26 Å². The summed E-state index contributed by atoms with van der Waals surface area (Å²) in [7, 11) is 0. The molecule has 0 heterocycles. The van der Waals surface area contributed by atoms with Crippen LogP contribution in [0, 0.1) is 18.3 Å². The third-order valence-electron chi connectivity index (χ3n) is 2.65. The van der Waals surface area contributed by atoms with E-state index >= 15 is 0 Å². The van der Waals surface area contributed by atoms with E-state index in [2.05, 4.69) is 0 Å². The standard InChI is InChI=1S/C15H11NO3/c1-10-8-13(6-7-14(10)15(17)18)19-12-4-2-11(9-16)3-5-12/h2-8H,1H3,(H,17,18). The zero-order chi connectivity index (χ0) is 13.8. The predicted octanol–water partition coefficient (Wildman–Crippen LogP) is 3.36. The molecule has 2 aromatic rings. The number of carboxylic acid groups (broad SMARTS) is 1. The maximum absolute atomic E-state index is 10.9. The minimum absolute atomic E-state index is 0.257. The monoisotopic (exact) mass is 253 g/mol. The van der Waals surface area contributed by atoms with E-state index in [1.807, 2.05) is 6.07 Å². The molecule has 0 spiro atoms. The van der Waals surface area contributed by atoms with Crippen LogP contribution in [0.4, 0.5) is 0 Å². The quantitative estimate of drug-likeness (QED) is 0.910. The summed E-state index contributed by atoms with van der Waals surface area (Å²) < 4.78 is 5.59. The molecule has 19 heavy (non-hydrogen) atoms. The Morgan fingerprint density at radius 1 is 1.16 bits per heavy atom. The molecule has 0 atom stereocenters. The van der Waals surface area contributed by atoms with E-state index in [1.54, 1.807) is 43.3 Å².